The number of amides is 1. The molecule has 1 amide bonds. The van der Waals surface area contributed by atoms with Crippen LogP contribution in [0.25, 0.3) is 0 Å². The molecule has 0 spiro atoms. The van der Waals surface area contributed by atoms with Crippen LogP contribution in [0.1, 0.15) is 22.5 Å². The average Bonchev–Trinajstić information content (AvgIpc) is 3.05. The number of carbonyl (C=O) groups excluding carboxylic acids is 1. The maximum Gasteiger partial charge on any atom is 0.230 e. The molecule has 0 unspecified atom stereocenters. The van der Waals surface area contributed by atoms with Gasteiger partial charge >= 0.3 is 0 Å². The van der Waals surface area contributed by atoms with Gasteiger partial charge in [0.15, 0.2) is 5.16 Å². The first-order chi connectivity index (χ1) is 14.0. The number of thioether (sulfide) groups is 1. The summed E-state index contributed by atoms with van der Waals surface area (Å²) in [4.78, 5) is 13.8. The van der Waals surface area contributed by atoms with Gasteiger partial charge in [-0.3, -0.25) is 4.79 Å². The van der Waals surface area contributed by atoms with Gasteiger partial charge < -0.3 is 14.8 Å². The minimum Gasteiger partial charge on any atom is -0.351 e. The van der Waals surface area contributed by atoms with Gasteiger partial charge in [-0.25, -0.2) is 0 Å². The molecular weight excluding hydrogens is 382 g/mol. The molecule has 2 aromatic carbocycles. The molecule has 0 bridgehead atoms. The van der Waals surface area contributed by atoms with E-state index in [0.717, 1.165) is 23.1 Å². The van der Waals surface area contributed by atoms with Gasteiger partial charge in [-0.05, 0) is 18.1 Å². The Hall–Kier alpha value is -2.64. The van der Waals surface area contributed by atoms with E-state index in [1.54, 1.807) is 0 Å². The Morgan fingerprint density at radius 2 is 1.72 bits per heavy atom. The van der Waals surface area contributed by atoms with Crippen LogP contribution in [0.2, 0.25) is 0 Å². The maximum absolute atomic E-state index is 12.4. The van der Waals surface area contributed by atoms with Crippen LogP contribution in [0.4, 0.5) is 0 Å². The second-order valence-corrected chi connectivity index (χ2v) is 8.26. The Morgan fingerprint density at radius 3 is 2.45 bits per heavy atom. The maximum atomic E-state index is 12.4. The van der Waals surface area contributed by atoms with Gasteiger partial charge in [-0.15, -0.1) is 10.2 Å². The van der Waals surface area contributed by atoms with Crippen molar-refractivity contribution in [2.45, 2.75) is 31.7 Å². The molecule has 0 fully saturated rings. The number of aryl methyl sites for hydroxylation is 1. The average molecular weight is 411 g/mol. The lowest BCUT2D eigenvalue weighted by Gasteiger charge is -2.13. The molecule has 29 heavy (non-hydrogen) atoms. The molecule has 0 saturated carbocycles. The van der Waals surface area contributed by atoms with Gasteiger partial charge in [-0.2, -0.15) is 0 Å². The fraction of sp³-hybridized carbons (Fsp3) is 0.318. The van der Waals surface area contributed by atoms with Gasteiger partial charge in [-0.1, -0.05) is 66.4 Å². The zero-order chi connectivity index (χ0) is 20.6. The standard InChI is InChI=1S/C22H27N5OS/c1-17-24-25-22(27(17)14-18-9-5-4-6-10-18)29-16-21(28)23-13-19-11-7-8-12-20(19)15-26(2)3/h4-12H,13-16H2,1-3H3,(H,23,28)/p+1. The monoisotopic (exact) mass is 410 g/mol. The third kappa shape index (κ3) is 6.17. The number of rotatable bonds is 9. The van der Waals surface area contributed by atoms with Crippen molar-refractivity contribution in [3.05, 3.63) is 77.1 Å². The van der Waals surface area contributed by atoms with E-state index >= 15 is 0 Å². The Balaban J connectivity index is 1.56. The highest BCUT2D eigenvalue weighted by Gasteiger charge is 2.13. The van der Waals surface area contributed by atoms with Crippen LogP contribution in [-0.4, -0.2) is 40.5 Å². The van der Waals surface area contributed by atoms with Gasteiger partial charge in [0.25, 0.3) is 0 Å². The zero-order valence-corrected chi connectivity index (χ0v) is 18.0. The van der Waals surface area contributed by atoms with Crippen molar-refractivity contribution in [3.63, 3.8) is 0 Å². The van der Waals surface area contributed by atoms with Crippen LogP contribution in [0, 0.1) is 6.92 Å². The number of nitrogens with zero attached hydrogens (tertiary/aromatic N) is 3. The molecule has 0 aliphatic rings. The summed E-state index contributed by atoms with van der Waals surface area (Å²) in [6, 6.07) is 18.4. The number of hydrogen-bond donors (Lipinski definition) is 2. The van der Waals surface area contributed by atoms with E-state index in [1.165, 1.54) is 27.8 Å². The number of hydrogen-bond acceptors (Lipinski definition) is 4. The smallest absolute Gasteiger partial charge is 0.230 e. The molecule has 7 heteroatoms. The second kappa shape index (κ2) is 10.2. The number of carbonyl (C=O) groups is 1. The summed E-state index contributed by atoms with van der Waals surface area (Å²) in [5, 5.41) is 12.2. The van der Waals surface area contributed by atoms with Gasteiger partial charge in [0, 0.05) is 12.1 Å². The fourth-order valence-electron chi connectivity index (χ4n) is 3.07. The van der Waals surface area contributed by atoms with Gasteiger partial charge in [0.05, 0.1) is 26.4 Å². The predicted molar refractivity (Wildman–Crippen MR) is 116 cm³/mol. The minimum absolute atomic E-state index is 0.00563. The number of quaternary nitrogens is 1. The molecule has 3 rings (SSSR count). The highest BCUT2D eigenvalue weighted by Crippen LogP contribution is 2.18. The normalized spacial score (nSPS) is 11.0. The fourth-order valence-corrected chi connectivity index (χ4v) is 3.89. The van der Waals surface area contributed by atoms with Crippen molar-refractivity contribution in [3.8, 4) is 0 Å². The molecule has 0 aliphatic carbocycles. The summed E-state index contributed by atoms with van der Waals surface area (Å²) < 4.78 is 2.04. The Morgan fingerprint density at radius 1 is 1.03 bits per heavy atom. The zero-order valence-electron chi connectivity index (χ0n) is 17.2. The quantitative estimate of drug-likeness (QED) is 0.527. The molecule has 0 aliphatic heterocycles. The van der Waals surface area contributed by atoms with Crippen LogP contribution in [0.5, 0.6) is 0 Å². The number of aromatic nitrogens is 3. The van der Waals surface area contributed by atoms with Crippen LogP contribution < -0.4 is 10.2 Å². The third-order valence-corrected chi connectivity index (χ3v) is 5.52. The summed E-state index contributed by atoms with van der Waals surface area (Å²) >= 11 is 1.42. The lowest BCUT2D eigenvalue weighted by molar-refractivity contribution is -0.872. The molecular formula is C22H28N5OS+. The lowest BCUT2D eigenvalue weighted by atomic mass is 10.1. The highest BCUT2D eigenvalue weighted by atomic mass is 32.2. The molecule has 0 saturated heterocycles. The van der Waals surface area contributed by atoms with E-state index < -0.39 is 0 Å². The van der Waals surface area contributed by atoms with Crippen molar-refractivity contribution in [1.82, 2.24) is 20.1 Å². The Kier molecular flexibility index (Phi) is 7.43. The Labute approximate surface area is 176 Å². The van der Waals surface area contributed by atoms with Crippen molar-refractivity contribution >= 4 is 17.7 Å². The predicted octanol–water partition coefficient (Wildman–Crippen LogP) is 1.69. The van der Waals surface area contributed by atoms with E-state index in [4.69, 9.17) is 0 Å². The first kappa shape index (κ1) is 21.1. The molecule has 6 nitrogen and oxygen atoms in total. The second-order valence-electron chi connectivity index (χ2n) is 7.32. The van der Waals surface area contributed by atoms with Crippen LogP contribution >= 0.6 is 11.8 Å². The lowest BCUT2D eigenvalue weighted by Crippen LogP contribution is -3.04. The summed E-state index contributed by atoms with van der Waals surface area (Å²) in [5.41, 5.74) is 3.61. The summed E-state index contributed by atoms with van der Waals surface area (Å²) in [6.07, 6.45) is 0. The van der Waals surface area contributed by atoms with E-state index in [1.807, 2.05) is 41.8 Å². The van der Waals surface area contributed by atoms with E-state index in [0.29, 0.717) is 18.8 Å². The third-order valence-electron chi connectivity index (χ3n) is 4.56. The highest BCUT2D eigenvalue weighted by molar-refractivity contribution is 7.99. The minimum atomic E-state index is -0.00563. The van der Waals surface area contributed by atoms with E-state index in [9.17, 15) is 4.79 Å². The SMILES string of the molecule is Cc1nnc(SCC(=O)NCc2ccccc2C[NH+](C)C)n1Cc1ccccc1. The van der Waals surface area contributed by atoms with Crippen LogP contribution in [0.15, 0.2) is 59.8 Å². The van der Waals surface area contributed by atoms with E-state index in [2.05, 4.69) is 53.9 Å². The topological polar surface area (TPSA) is 64.2 Å². The molecule has 2 N–H and O–H groups in total. The van der Waals surface area contributed by atoms with Crippen molar-refractivity contribution in [1.29, 1.82) is 0 Å². The van der Waals surface area contributed by atoms with Crippen molar-refractivity contribution in [2.75, 3.05) is 19.8 Å². The molecule has 152 valence electrons. The first-order valence-corrected chi connectivity index (χ1v) is 10.7. The van der Waals surface area contributed by atoms with Gasteiger partial charge in [0.2, 0.25) is 5.91 Å². The van der Waals surface area contributed by atoms with Crippen molar-refractivity contribution in [2.24, 2.45) is 0 Å². The Bertz CT molecular complexity index is 939. The molecule has 1 heterocycles. The molecule has 1 aromatic heterocycles. The summed E-state index contributed by atoms with van der Waals surface area (Å²) in [7, 11) is 4.25. The molecule has 0 radical (unpaired) electrons. The number of nitrogens with one attached hydrogen (secondary N) is 2. The largest absolute Gasteiger partial charge is 0.351 e. The molecule has 0 atom stereocenters. The van der Waals surface area contributed by atoms with Crippen molar-refractivity contribution < 1.29 is 9.69 Å². The van der Waals surface area contributed by atoms with Crippen LogP contribution in [0.3, 0.4) is 0 Å². The van der Waals surface area contributed by atoms with Crippen LogP contribution in [-0.2, 0) is 24.4 Å². The summed E-state index contributed by atoms with van der Waals surface area (Å²) in [5.74, 6) is 1.15. The molecule has 3 aromatic rings. The summed E-state index contributed by atoms with van der Waals surface area (Å²) in [6.45, 7) is 4.11. The van der Waals surface area contributed by atoms with E-state index in [-0.39, 0.29) is 5.91 Å². The van der Waals surface area contributed by atoms with Gasteiger partial charge in [0.1, 0.15) is 12.4 Å². The number of benzene rings is 2. The first-order valence-electron chi connectivity index (χ1n) is 9.72.